The lowest BCUT2D eigenvalue weighted by atomic mass is 10.2. The molecule has 18 heavy (non-hydrogen) atoms. The molecule has 0 radical (unpaired) electrons. The fourth-order valence-corrected chi connectivity index (χ4v) is 2.46. The van der Waals surface area contributed by atoms with Crippen molar-refractivity contribution in [1.82, 2.24) is 9.80 Å². The molecule has 5 heteroatoms. The standard InChI is InChI=1S/C13H23N3OS/c1-10(2)9-16(7-6-15(3)4)13(17)12-11(14)5-8-18-12/h5,8,10H,6-7,9,14H2,1-4H3. The molecule has 2 N–H and O–H groups in total. The monoisotopic (exact) mass is 269 g/mol. The van der Waals surface area contributed by atoms with E-state index in [-0.39, 0.29) is 5.91 Å². The van der Waals surface area contributed by atoms with E-state index in [0.29, 0.717) is 16.5 Å². The van der Waals surface area contributed by atoms with Gasteiger partial charge in [0.1, 0.15) is 4.88 Å². The number of hydrogen-bond acceptors (Lipinski definition) is 4. The first-order valence-corrected chi connectivity index (χ1v) is 7.06. The van der Waals surface area contributed by atoms with Crippen molar-refractivity contribution < 1.29 is 4.79 Å². The van der Waals surface area contributed by atoms with Crippen molar-refractivity contribution in [2.24, 2.45) is 5.92 Å². The molecule has 102 valence electrons. The number of nitrogen functional groups attached to an aromatic ring is 1. The zero-order chi connectivity index (χ0) is 13.7. The molecule has 1 aromatic rings. The van der Waals surface area contributed by atoms with Gasteiger partial charge in [-0.2, -0.15) is 0 Å². The van der Waals surface area contributed by atoms with Crippen LogP contribution in [0.25, 0.3) is 0 Å². The highest BCUT2D eigenvalue weighted by Crippen LogP contribution is 2.21. The van der Waals surface area contributed by atoms with Crippen molar-refractivity contribution in [1.29, 1.82) is 0 Å². The Bertz CT molecular complexity index is 387. The average molecular weight is 269 g/mol. The van der Waals surface area contributed by atoms with Crippen molar-refractivity contribution in [2.75, 3.05) is 39.5 Å². The van der Waals surface area contributed by atoms with Crippen LogP contribution < -0.4 is 5.73 Å². The van der Waals surface area contributed by atoms with Crippen molar-refractivity contribution in [3.05, 3.63) is 16.3 Å². The third-order valence-corrected chi connectivity index (χ3v) is 3.50. The molecule has 1 rings (SSSR count). The van der Waals surface area contributed by atoms with Gasteiger partial charge in [0.2, 0.25) is 0 Å². The summed E-state index contributed by atoms with van der Waals surface area (Å²) in [4.78, 5) is 17.1. The van der Waals surface area contributed by atoms with E-state index >= 15 is 0 Å². The minimum Gasteiger partial charge on any atom is -0.397 e. The summed E-state index contributed by atoms with van der Waals surface area (Å²) in [6.45, 7) is 6.61. The molecule has 0 unspecified atom stereocenters. The van der Waals surface area contributed by atoms with Crippen molar-refractivity contribution in [3.63, 3.8) is 0 Å². The maximum absolute atomic E-state index is 12.4. The molecular weight excluding hydrogens is 246 g/mol. The van der Waals surface area contributed by atoms with Gasteiger partial charge >= 0.3 is 0 Å². The number of nitrogens with zero attached hydrogens (tertiary/aromatic N) is 2. The third-order valence-electron chi connectivity index (χ3n) is 2.58. The molecule has 0 saturated carbocycles. The van der Waals surface area contributed by atoms with E-state index in [1.807, 2.05) is 24.4 Å². The van der Waals surface area contributed by atoms with Crippen LogP contribution in [0.3, 0.4) is 0 Å². The van der Waals surface area contributed by atoms with E-state index in [4.69, 9.17) is 5.73 Å². The van der Waals surface area contributed by atoms with Gasteiger partial charge in [0.05, 0.1) is 5.69 Å². The van der Waals surface area contributed by atoms with E-state index in [9.17, 15) is 4.79 Å². The van der Waals surface area contributed by atoms with Crippen LogP contribution in [0.4, 0.5) is 5.69 Å². The molecule has 0 spiro atoms. The van der Waals surface area contributed by atoms with E-state index in [1.54, 1.807) is 6.07 Å². The lowest BCUT2D eigenvalue weighted by Gasteiger charge is -2.25. The number of rotatable bonds is 6. The van der Waals surface area contributed by atoms with Gasteiger partial charge in [-0.15, -0.1) is 11.3 Å². The molecule has 0 aromatic carbocycles. The van der Waals surface area contributed by atoms with E-state index in [1.165, 1.54) is 11.3 Å². The highest BCUT2D eigenvalue weighted by molar-refractivity contribution is 7.12. The van der Waals surface area contributed by atoms with Gasteiger partial charge in [-0.25, -0.2) is 0 Å². The molecule has 0 aliphatic heterocycles. The first-order chi connectivity index (χ1) is 8.41. The number of nitrogens with two attached hydrogens (primary N) is 1. The van der Waals surface area contributed by atoms with Crippen LogP contribution in [0.5, 0.6) is 0 Å². The Morgan fingerprint density at radius 3 is 2.50 bits per heavy atom. The summed E-state index contributed by atoms with van der Waals surface area (Å²) in [5, 5.41) is 1.86. The Morgan fingerprint density at radius 1 is 1.39 bits per heavy atom. The predicted molar refractivity (Wildman–Crippen MR) is 78.0 cm³/mol. The molecule has 0 saturated heterocycles. The zero-order valence-corrected chi connectivity index (χ0v) is 12.5. The maximum Gasteiger partial charge on any atom is 0.266 e. The summed E-state index contributed by atoms with van der Waals surface area (Å²) >= 11 is 1.42. The van der Waals surface area contributed by atoms with Gasteiger partial charge in [-0.3, -0.25) is 4.79 Å². The lowest BCUT2D eigenvalue weighted by molar-refractivity contribution is 0.0730. The molecule has 1 heterocycles. The highest BCUT2D eigenvalue weighted by atomic mass is 32.1. The van der Waals surface area contributed by atoms with Crippen LogP contribution in [-0.4, -0.2) is 49.4 Å². The molecule has 0 aliphatic rings. The van der Waals surface area contributed by atoms with Crippen LogP contribution in [0.2, 0.25) is 0 Å². The molecular formula is C13H23N3OS. The van der Waals surface area contributed by atoms with Crippen molar-refractivity contribution in [2.45, 2.75) is 13.8 Å². The van der Waals surface area contributed by atoms with Gasteiger partial charge in [-0.1, -0.05) is 13.8 Å². The Labute approximate surface area is 113 Å². The van der Waals surface area contributed by atoms with Gasteiger partial charge < -0.3 is 15.5 Å². The summed E-state index contributed by atoms with van der Waals surface area (Å²) in [6, 6.07) is 1.79. The number of anilines is 1. The summed E-state index contributed by atoms with van der Waals surface area (Å²) < 4.78 is 0. The Morgan fingerprint density at radius 2 is 2.06 bits per heavy atom. The van der Waals surface area contributed by atoms with Crippen LogP contribution in [0, 0.1) is 5.92 Å². The third kappa shape index (κ3) is 4.31. The predicted octanol–water partition coefficient (Wildman–Crippen LogP) is 1.99. The molecule has 4 nitrogen and oxygen atoms in total. The first-order valence-electron chi connectivity index (χ1n) is 6.18. The maximum atomic E-state index is 12.4. The molecule has 0 bridgehead atoms. The average Bonchev–Trinajstić information content (AvgIpc) is 2.69. The zero-order valence-electron chi connectivity index (χ0n) is 11.6. The van der Waals surface area contributed by atoms with E-state index in [2.05, 4.69) is 18.7 Å². The second-order valence-electron chi connectivity index (χ2n) is 5.15. The van der Waals surface area contributed by atoms with Gasteiger partial charge in [0, 0.05) is 19.6 Å². The minimum absolute atomic E-state index is 0.0538. The van der Waals surface area contributed by atoms with Crippen molar-refractivity contribution in [3.8, 4) is 0 Å². The first kappa shape index (κ1) is 15.0. The Kier molecular flexibility index (Phi) is 5.62. The van der Waals surface area contributed by atoms with Crippen LogP contribution in [0.15, 0.2) is 11.4 Å². The number of carbonyl (C=O) groups excluding carboxylic acids is 1. The van der Waals surface area contributed by atoms with E-state index in [0.717, 1.165) is 19.6 Å². The number of likely N-dealkylation sites (N-methyl/N-ethyl adjacent to an activating group) is 1. The van der Waals surface area contributed by atoms with Gasteiger partial charge in [0.25, 0.3) is 5.91 Å². The van der Waals surface area contributed by atoms with Crippen molar-refractivity contribution >= 4 is 22.9 Å². The SMILES string of the molecule is CC(C)CN(CCN(C)C)C(=O)c1sccc1N. The fourth-order valence-electron chi connectivity index (χ4n) is 1.67. The second-order valence-corrected chi connectivity index (χ2v) is 6.07. The summed E-state index contributed by atoms with van der Waals surface area (Å²) in [5.74, 6) is 0.510. The highest BCUT2D eigenvalue weighted by Gasteiger charge is 2.20. The molecule has 0 aliphatic carbocycles. The second kappa shape index (κ2) is 6.75. The van der Waals surface area contributed by atoms with Crippen LogP contribution in [0.1, 0.15) is 23.5 Å². The van der Waals surface area contributed by atoms with Gasteiger partial charge in [0.15, 0.2) is 0 Å². The molecule has 0 atom stereocenters. The molecule has 0 fully saturated rings. The smallest absolute Gasteiger partial charge is 0.266 e. The number of carbonyl (C=O) groups is 1. The Balaban J connectivity index is 2.75. The number of hydrogen-bond donors (Lipinski definition) is 1. The molecule has 1 amide bonds. The number of thiophene rings is 1. The number of amides is 1. The largest absolute Gasteiger partial charge is 0.397 e. The normalized spacial score (nSPS) is 11.2. The fraction of sp³-hybridized carbons (Fsp3) is 0.615. The summed E-state index contributed by atoms with van der Waals surface area (Å²) in [5.41, 5.74) is 6.41. The quantitative estimate of drug-likeness (QED) is 0.859. The van der Waals surface area contributed by atoms with E-state index < -0.39 is 0 Å². The Hall–Kier alpha value is -1.07. The van der Waals surface area contributed by atoms with Crippen LogP contribution in [-0.2, 0) is 0 Å². The lowest BCUT2D eigenvalue weighted by Crippen LogP contribution is -2.38. The minimum atomic E-state index is 0.0538. The summed E-state index contributed by atoms with van der Waals surface area (Å²) in [7, 11) is 4.02. The van der Waals surface area contributed by atoms with Crippen LogP contribution >= 0.6 is 11.3 Å². The van der Waals surface area contributed by atoms with Gasteiger partial charge in [-0.05, 0) is 31.5 Å². The molecule has 1 aromatic heterocycles. The summed E-state index contributed by atoms with van der Waals surface area (Å²) in [6.07, 6.45) is 0. The topological polar surface area (TPSA) is 49.6 Å².